The van der Waals surface area contributed by atoms with Crippen LogP contribution in [-0.4, -0.2) is 11.2 Å². The van der Waals surface area contributed by atoms with Gasteiger partial charge in [0.15, 0.2) is 0 Å². The van der Waals surface area contributed by atoms with E-state index in [1.54, 1.807) is 0 Å². The molecule has 0 saturated heterocycles. The predicted octanol–water partition coefficient (Wildman–Crippen LogP) is 3.53. The molecule has 1 N–H and O–H groups in total. The maximum absolute atomic E-state index is 9.95. The first-order chi connectivity index (χ1) is 6.49. The van der Waals surface area contributed by atoms with Crippen LogP contribution in [0.3, 0.4) is 0 Å². The standard InChI is InChI=1S/C13H24O/c1-13(2,3)10-9-12(14)11-7-5-4-6-8-11/h9-12,14H,4-8H2,1-3H3/b10-9+. The maximum Gasteiger partial charge on any atom is 0.0749 e. The van der Waals surface area contributed by atoms with E-state index in [0.29, 0.717) is 5.92 Å². The summed E-state index contributed by atoms with van der Waals surface area (Å²) >= 11 is 0. The Hall–Kier alpha value is -0.300. The lowest BCUT2D eigenvalue weighted by molar-refractivity contribution is 0.124. The highest BCUT2D eigenvalue weighted by atomic mass is 16.3. The lowest BCUT2D eigenvalue weighted by Gasteiger charge is -2.25. The molecule has 0 heterocycles. The van der Waals surface area contributed by atoms with Crippen molar-refractivity contribution >= 4 is 0 Å². The third-order valence-corrected chi connectivity index (χ3v) is 2.93. The minimum absolute atomic E-state index is 0.190. The van der Waals surface area contributed by atoms with Gasteiger partial charge in [-0.1, -0.05) is 52.2 Å². The molecule has 0 bridgehead atoms. The summed E-state index contributed by atoms with van der Waals surface area (Å²) in [5.41, 5.74) is 0.190. The zero-order chi connectivity index (χ0) is 10.6. The average molecular weight is 196 g/mol. The molecule has 1 nitrogen and oxygen atoms in total. The van der Waals surface area contributed by atoms with Crippen molar-refractivity contribution in [2.24, 2.45) is 11.3 Å². The lowest BCUT2D eigenvalue weighted by Crippen LogP contribution is -2.21. The molecule has 1 aliphatic rings. The second-order valence-electron chi connectivity index (χ2n) is 5.61. The second kappa shape index (κ2) is 4.97. The van der Waals surface area contributed by atoms with Crippen molar-refractivity contribution in [1.29, 1.82) is 0 Å². The Labute approximate surface area is 88.2 Å². The highest BCUT2D eigenvalue weighted by Crippen LogP contribution is 2.27. The van der Waals surface area contributed by atoms with E-state index in [1.807, 2.05) is 6.08 Å². The molecule has 0 aromatic heterocycles. The molecule has 1 rings (SSSR count). The summed E-state index contributed by atoms with van der Waals surface area (Å²) in [5, 5.41) is 9.95. The number of aliphatic hydroxyl groups excluding tert-OH is 1. The fourth-order valence-corrected chi connectivity index (χ4v) is 2.02. The van der Waals surface area contributed by atoms with Gasteiger partial charge in [0, 0.05) is 0 Å². The number of hydrogen-bond acceptors (Lipinski definition) is 1. The van der Waals surface area contributed by atoms with Gasteiger partial charge in [-0.3, -0.25) is 0 Å². The molecule has 0 aromatic rings. The minimum Gasteiger partial charge on any atom is -0.389 e. The van der Waals surface area contributed by atoms with Gasteiger partial charge in [-0.25, -0.2) is 0 Å². The largest absolute Gasteiger partial charge is 0.389 e. The van der Waals surface area contributed by atoms with Crippen LogP contribution in [0.25, 0.3) is 0 Å². The topological polar surface area (TPSA) is 20.2 Å². The van der Waals surface area contributed by atoms with Crippen molar-refractivity contribution in [2.45, 2.75) is 59.0 Å². The summed E-state index contributed by atoms with van der Waals surface area (Å²) in [6.07, 6.45) is 10.3. The first-order valence-corrected chi connectivity index (χ1v) is 5.86. The van der Waals surface area contributed by atoms with Crippen LogP contribution in [0, 0.1) is 11.3 Å². The SMILES string of the molecule is CC(C)(C)/C=C/C(O)C1CCCCC1. The summed E-state index contributed by atoms with van der Waals surface area (Å²) in [6, 6.07) is 0. The number of aliphatic hydroxyl groups is 1. The molecule has 0 spiro atoms. The van der Waals surface area contributed by atoms with Crippen molar-refractivity contribution in [3.8, 4) is 0 Å². The Bertz CT molecular complexity index is 182. The fraction of sp³-hybridized carbons (Fsp3) is 0.846. The Morgan fingerprint density at radius 3 is 2.21 bits per heavy atom. The Kier molecular flexibility index (Phi) is 4.18. The van der Waals surface area contributed by atoms with Gasteiger partial charge in [0.1, 0.15) is 0 Å². The fourth-order valence-electron chi connectivity index (χ4n) is 2.02. The van der Waals surface area contributed by atoms with E-state index in [9.17, 15) is 5.11 Å². The van der Waals surface area contributed by atoms with Gasteiger partial charge in [0.25, 0.3) is 0 Å². The van der Waals surface area contributed by atoms with Gasteiger partial charge < -0.3 is 5.11 Å². The van der Waals surface area contributed by atoms with Gasteiger partial charge in [0.05, 0.1) is 6.10 Å². The molecule has 1 atom stereocenters. The van der Waals surface area contributed by atoms with Crippen LogP contribution >= 0.6 is 0 Å². The van der Waals surface area contributed by atoms with E-state index in [2.05, 4.69) is 26.8 Å². The summed E-state index contributed by atoms with van der Waals surface area (Å²) in [7, 11) is 0. The highest BCUT2D eigenvalue weighted by Gasteiger charge is 2.19. The van der Waals surface area contributed by atoms with Crippen LogP contribution in [0.15, 0.2) is 12.2 Å². The van der Waals surface area contributed by atoms with E-state index < -0.39 is 0 Å². The Morgan fingerprint density at radius 1 is 1.14 bits per heavy atom. The van der Waals surface area contributed by atoms with Crippen LogP contribution in [-0.2, 0) is 0 Å². The van der Waals surface area contributed by atoms with Crippen LogP contribution < -0.4 is 0 Å². The normalized spacial score (nSPS) is 22.9. The first kappa shape index (κ1) is 11.8. The van der Waals surface area contributed by atoms with E-state index in [1.165, 1.54) is 32.1 Å². The van der Waals surface area contributed by atoms with Crippen LogP contribution in [0.4, 0.5) is 0 Å². The summed E-state index contributed by atoms with van der Waals surface area (Å²) < 4.78 is 0. The van der Waals surface area contributed by atoms with Crippen molar-refractivity contribution < 1.29 is 5.11 Å². The summed E-state index contributed by atoms with van der Waals surface area (Å²) in [6.45, 7) is 6.49. The van der Waals surface area contributed by atoms with Gasteiger partial charge in [-0.15, -0.1) is 0 Å². The average Bonchev–Trinajstić information content (AvgIpc) is 2.14. The molecule has 14 heavy (non-hydrogen) atoms. The van der Waals surface area contributed by atoms with Crippen LogP contribution in [0.5, 0.6) is 0 Å². The molecule has 1 aliphatic carbocycles. The molecule has 0 radical (unpaired) electrons. The molecular formula is C13H24O. The van der Waals surface area contributed by atoms with E-state index in [-0.39, 0.29) is 11.5 Å². The maximum atomic E-state index is 9.95. The molecule has 1 saturated carbocycles. The van der Waals surface area contributed by atoms with Crippen molar-refractivity contribution in [3.63, 3.8) is 0 Å². The smallest absolute Gasteiger partial charge is 0.0749 e. The first-order valence-electron chi connectivity index (χ1n) is 5.86. The third kappa shape index (κ3) is 4.28. The number of hydrogen-bond donors (Lipinski definition) is 1. The highest BCUT2D eigenvalue weighted by molar-refractivity contribution is 4.98. The monoisotopic (exact) mass is 196 g/mol. The summed E-state index contributed by atoms with van der Waals surface area (Å²) in [4.78, 5) is 0. The van der Waals surface area contributed by atoms with E-state index >= 15 is 0 Å². The van der Waals surface area contributed by atoms with Crippen molar-refractivity contribution in [1.82, 2.24) is 0 Å². The number of rotatable bonds is 2. The Balaban J connectivity index is 2.40. The molecule has 1 heteroatoms. The lowest BCUT2D eigenvalue weighted by atomic mass is 9.84. The van der Waals surface area contributed by atoms with Crippen molar-refractivity contribution in [3.05, 3.63) is 12.2 Å². The molecular weight excluding hydrogens is 172 g/mol. The minimum atomic E-state index is -0.213. The van der Waals surface area contributed by atoms with Crippen molar-refractivity contribution in [2.75, 3.05) is 0 Å². The van der Waals surface area contributed by atoms with Gasteiger partial charge in [-0.05, 0) is 24.2 Å². The quantitative estimate of drug-likeness (QED) is 0.670. The zero-order valence-corrected chi connectivity index (χ0v) is 9.79. The molecule has 0 aromatic carbocycles. The molecule has 1 fully saturated rings. The molecule has 0 aliphatic heterocycles. The van der Waals surface area contributed by atoms with Gasteiger partial charge in [-0.2, -0.15) is 0 Å². The van der Waals surface area contributed by atoms with Gasteiger partial charge in [0.2, 0.25) is 0 Å². The van der Waals surface area contributed by atoms with E-state index in [4.69, 9.17) is 0 Å². The van der Waals surface area contributed by atoms with E-state index in [0.717, 1.165) is 0 Å². The predicted molar refractivity (Wildman–Crippen MR) is 61.2 cm³/mol. The van der Waals surface area contributed by atoms with Gasteiger partial charge >= 0.3 is 0 Å². The third-order valence-electron chi connectivity index (χ3n) is 2.93. The molecule has 0 amide bonds. The summed E-state index contributed by atoms with van der Waals surface area (Å²) in [5.74, 6) is 0.516. The van der Waals surface area contributed by atoms with Crippen LogP contribution in [0.1, 0.15) is 52.9 Å². The molecule has 82 valence electrons. The van der Waals surface area contributed by atoms with Crippen LogP contribution in [0.2, 0.25) is 0 Å². The number of allylic oxidation sites excluding steroid dienone is 1. The second-order valence-corrected chi connectivity index (χ2v) is 5.61. The zero-order valence-electron chi connectivity index (χ0n) is 9.79. The Morgan fingerprint density at radius 2 is 1.71 bits per heavy atom. The molecule has 1 unspecified atom stereocenters.